The molecular weight excluding hydrogens is 260 g/mol. The zero-order chi connectivity index (χ0) is 15.6. The Kier molecular flexibility index (Phi) is 5.45. The minimum absolute atomic E-state index is 0.114. The van der Waals surface area contributed by atoms with Crippen molar-refractivity contribution in [3.8, 4) is 0 Å². The van der Waals surface area contributed by atoms with Crippen molar-refractivity contribution >= 4 is 0 Å². The SMILES string of the molecule is C/C(=C\C=C\[C@@H]1[C@@H]2[C@H](C)[C@@H](O)[C@H](C)C[C@@H]2C=C[C@H]1C)CO. The lowest BCUT2D eigenvalue weighted by atomic mass is 9.58. The molecule has 2 aliphatic carbocycles. The number of hydrogen-bond acceptors (Lipinski definition) is 2. The van der Waals surface area contributed by atoms with Gasteiger partial charge in [0.1, 0.15) is 0 Å². The molecule has 0 saturated heterocycles. The Bertz CT molecular complexity index is 435. The molecule has 0 radical (unpaired) electrons. The first kappa shape index (κ1) is 16.5. The van der Waals surface area contributed by atoms with Crippen molar-refractivity contribution in [3.05, 3.63) is 36.0 Å². The van der Waals surface area contributed by atoms with E-state index < -0.39 is 0 Å². The van der Waals surface area contributed by atoms with Gasteiger partial charge in [-0.3, -0.25) is 0 Å². The molecule has 2 heteroatoms. The average Bonchev–Trinajstić information content (AvgIpc) is 2.47. The molecule has 118 valence electrons. The highest BCUT2D eigenvalue weighted by molar-refractivity contribution is 5.17. The molecule has 0 aromatic rings. The molecule has 2 aliphatic rings. The molecule has 1 fully saturated rings. The van der Waals surface area contributed by atoms with Gasteiger partial charge in [-0.05, 0) is 54.4 Å². The summed E-state index contributed by atoms with van der Waals surface area (Å²) in [6, 6.07) is 0. The zero-order valence-electron chi connectivity index (χ0n) is 13.7. The van der Waals surface area contributed by atoms with Gasteiger partial charge >= 0.3 is 0 Å². The van der Waals surface area contributed by atoms with E-state index in [1.54, 1.807) is 0 Å². The van der Waals surface area contributed by atoms with E-state index in [-0.39, 0.29) is 12.7 Å². The summed E-state index contributed by atoms with van der Waals surface area (Å²) in [5, 5.41) is 19.5. The Balaban J connectivity index is 2.21. The van der Waals surface area contributed by atoms with Gasteiger partial charge in [0.15, 0.2) is 0 Å². The van der Waals surface area contributed by atoms with Crippen molar-refractivity contribution in [2.75, 3.05) is 6.61 Å². The van der Waals surface area contributed by atoms with Crippen LogP contribution in [0.25, 0.3) is 0 Å². The third kappa shape index (κ3) is 3.49. The first-order valence-electron chi connectivity index (χ1n) is 8.27. The summed E-state index contributed by atoms with van der Waals surface area (Å²) in [6.07, 6.45) is 12.0. The number of fused-ring (bicyclic) bond motifs is 1. The minimum atomic E-state index is -0.185. The van der Waals surface area contributed by atoms with E-state index in [9.17, 15) is 5.11 Å². The van der Waals surface area contributed by atoms with Gasteiger partial charge in [0.2, 0.25) is 0 Å². The molecule has 0 heterocycles. The Hall–Kier alpha value is -0.860. The fourth-order valence-corrected chi connectivity index (χ4v) is 4.21. The van der Waals surface area contributed by atoms with Crippen molar-refractivity contribution in [3.63, 3.8) is 0 Å². The summed E-state index contributed by atoms with van der Waals surface area (Å²) < 4.78 is 0. The van der Waals surface area contributed by atoms with Gasteiger partial charge < -0.3 is 10.2 Å². The summed E-state index contributed by atoms with van der Waals surface area (Å²) in [7, 11) is 0. The van der Waals surface area contributed by atoms with Crippen molar-refractivity contribution in [2.24, 2.45) is 35.5 Å². The topological polar surface area (TPSA) is 40.5 Å². The van der Waals surface area contributed by atoms with Crippen LogP contribution in [0.15, 0.2) is 36.0 Å². The molecule has 2 rings (SSSR count). The lowest BCUT2D eigenvalue weighted by Crippen LogP contribution is -2.46. The molecule has 1 saturated carbocycles. The van der Waals surface area contributed by atoms with Crippen LogP contribution in [-0.4, -0.2) is 22.9 Å². The molecule has 0 amide bonds. The minimum Gasteiger partial charge on any atom is -0.393 e. The predicted octanol–water partition coefficient (Wildman–Crippen LogP) is 3.57. The number of rotatable bonds is 3. The number of allylic oxidation sites excluding steroid dienone is 5. The van der Waals surface area contributed by atoms with Gasteiger partial charge in [-0.25, -0.2) is 0 Å². The van der Waals surface area contributed by atoms with Crippen molar-refractivity contribution in [2.45, 2.75) is 40.2 Å². The van der Waals surface area contributed by atoms with Crippen LogP contribution in [0.2, 0.25) is 0 Å². The van der Waals surface area contributed by atoms with Crippen LogP contribution in [0, 0.1) is 35.5 Å². The largest absolute Gasteiger partial charge is 0.393 e. The average molecular weight is 290 g/mol. The zero-order valence-corrected chi connectivity index (χ0v) is 13.7. The van der Waals surface area contributed by atoms with Gasteiger partial charge in [0.05, 0.1) is 12.7 Å². The molecule has 0 bridgehead atoms. The maximum Gasteiger partial charge on any atom is 0.0642 e. The molecule has 2 nitrogen and oxygen atoms in total. The van der Waals surface area contributed by atoms with Crippen LogP contribution in [0.5, 0.6) is 0 Å². The quantitative estimate of drug-likeness (QED) is 0.616. The van der Waals surface area contributed by atoms with E-state index in [4.69, 9.17) is 5.11 Å². The molecule has 21 heavy (non-hydrogen) atoms. The van der Waals surface area contributed by atoms with Crippen LogP contribution in [0.4, 0.5) is 0 Å². The third-order valence-electron chi connectivity index (χ3n) is 5.54. The second-order valence-electron chi connectivity index (χ2n) is 7.18. The van der Waals surface area contributed by atoms with Gasteiger partial charge in [-0.15, -0.1) is 0 Å². The van der Waals surface area contributed by atoms with Crippen molar-refractivity contribution in [1.29, 1.82) is 0 Å². The second-order valence-corrected chi connectivity index (χ2v) is 7.18. The molecule has 7 atom stereocenters. The molecule has 0 unspecified atom stereocenters. The van der Waals surface area contributed by atoms with Crippen molar-refractivity contribution in [1.82, 2.24) is 0 Å². The highest BCUT2D eigenvalue weighted by Crippen LogP contribution is 2.48. The Labute approximate surface area is 129 Å². The van der Waals surface area contributed by atoms with Crippen molar-refractivity contribution < 1.29 is 10.2 Å². The molecule has 2 N–H and O–H groups in total. The fraction of sp³-hybridized carbons (Fsp3) is 0.684. The first-order valence-corrected chi connectivity index (χ1v) is 8.27. The number of hydrogen-bond donors (Lipinski definition) is 2. The Morgan fingerprint density at radius 1 is 1.24 bits per heavy atom. The van der Waals surface area contributed by atoms with Gasteiger partial charge in [-0.2, -0.15) is 0 Å². The third-order valence-corrected chi connectivity index (χ3v) is 5.54. The first-order chi connectivity index (χ1) is 9.95. The van der Waals surface area contributed by atoms with Crippen LogP contribution >= 0.6 is 0 Å². The summed E-state index contributed by atoms with van der Waals surface area (Å²) in [4.78, 5) is 0. The van der Waals surface area contributed by atoms with Gasteiger partial charge in [-0.1, -0.05) is 51.2 Å². The standard InChI is InChI=1S/C19H30O2/c1-12(11-20)6-5-7-17-13(2)8-9-16-10-14(3)19(21)15(4)18(16)17/h5-9,13-21H,10-11H2,1-4H3/b7-5+,12-6+/t13-,14-,15+,16+,17+,18-,19+/m1/s1. The number of aliphatic hydroxyl groups excluding tert-OH is 2. The summed E-state index contributed by atoms with van der Waals surface area (Å²) in [5.41, 5.74) is 0.979. The second kappa shape index (κ2) is 6.93. The maximum absolute atomic E-state index is 10.4. The Morgan fingerprint density at radius 3 is 2.62 bits per heavy atom. The summed E-state index contributed by atoms with van der Waals surface area (Å²) in [5.74, 6) is 2.82. The monoisotopic (exact) mass is 290 g/mol. The molecule has 0 aromatic heterocycles. The smallest absolute Gasteiger partial charge is 0.0642 e. The fourth-order valence-electron chi connectivity index (χ4n) is 4.21. The predicted molar refractivity (Wildman–Crippen MR) is 87.7 cm³/mol. The van der Waals surface area contributed by atoms with Crippen LogP contribution < -0.4 is 0 Å². The molecule has 0 aromatic carbocycles. The highest BCUT2D eigenvalue weighted by Gasteiger charge is 2.44. The van der Waals surface area contributed by atoms with E-state index in [1.165, 1.54) is 0 Å². The van der Waals surface area contributed by atoms with Gasteiger partial charge in [0, 0.05) is 0 Å². The lowest BCUT2D eigenvalue weighted by Gasteiger charge is -2.48. The normalized spacial score (nSPS) is 44.1. The highest BCUT2D eigenvalue weighted by atomic mass is 16.3. The molecular formula is C19H30O2. The van der Waals surface area contributed by atoms with E-state index >= 15 is 0 Å². The van der Waals surface area contributed by atoms with Crippen LogP contribution in [0.3, 0.4) is 0 Å². The summed E-state index contributed by atoms with van der Waals surface area (Å²) in [6.45, 7) is 8.69. The number of aliphatic hydroxyl groups is 2. The Morgan fingerprint density at radius 2 is 1.95 bits per heavy atom. The van der Waals surface area contributed by atoms with Crippen LogP contribution in [0.1, 0.15) is 34.1 Å². The van der Waals surface area contributed by atoms with Gasteiger partial charge in [0.25, 0.3) is 0 Å². The van der Waals surface area contributed by atoms with E-state index in [0.29, 0.717) is 35.5 Å². The molecule has 0 spiro atoms. The lowest BCUT2D eigenvalue weighted by molar-refractivity contribution is -0.0389. The van der Waals surface area contributed by atoms with E-state index in [1.807, 2.05) is 13.0 Å². The molecule has 0 aliphatic heterocycles. The van der Waals surface area contributed by atoms with Crippen LogP contribution in [-0.2, 0) is 0 Å². The van der Waals surface area contributed by atoms with E-state index in [2.05, 4.69) is 45.1 Å². The maximum atomic E-state index is 10.4. The van der Waals surface area contributed by atoms with E-state index in [0.717, 1.165) is 12.0 Å². The summed E-state index contributed by atoms with van der Waals surface area (Å²) >= 11 is 0.